The fourth-order valence-electron chi connectivity index (χ4n) is 2.15. The summed E-state index contributed by atoms with van der Waals surface area (Å²) in [6, 6.07) is 10.2. The van der Waals surface area contributed by atoms with Gasteiger partial charge in [-0.05, 0) is 24.5 Å². The van der Waals surface area contributed by atoms with Gasteiger partial charge in [-0.2, -0.15) is 5.26 Å². The van der Waals surface area contributed by atoms with Gasteiger partial charge in [-0.1, -0.05) is 25.1 Å². The summed E-state index contributed by atoms with van der Waals surface area (Å²) in [5.74, 6) is 0.0969. The molecule has 0 spiro atoms. The third-order valence-corrected chi connectivity index (χ3v) is 4.29. The Hall–Kier alpha value is -1.47. The van der Waals surface area contributed by atoms with E-state index >= 15 is 0 Å². The number of hydrogen-bond acceptors (Lipinski definition) is 3. The van der Waals surface area contributed by atoms with E-state index in [4.69, 9.17) is 5.26 Å². The van der Waals surface area contributed by atoms with Gasteiger partial charge in [0.15, 0.2) is 0 Å². The number of carbonyl (C=O) groups is 1. The smallest absolute Gasteiger partial charge is 0.237 e. The van der Waals surface area contributed by atoms with E-state index in [-0.39, 0.29) is 17.7 Å². The Morgan fingerprint density at radius 3 is 3.00 bits per heavy atom. The Morgan fingerprint density at radius 2 is 2.33 bits per heavy atom. The molecule has 1 heterocycles. The lowest BCUT2D eigenvalue weighted by molar-refractivity contribution is -0.130. The van der Waals surface area contributed by atoms with Crippen LogP contribution in [0.2, 0.25) is 0 Å². The minimum absolute atomic E-state index is 0.0534. The summed E-state index contributed by atoms with van der Waals surface area (Å²) in [4.78, 5) is 15.2. The van der Waals surface area contributed by atoms with Crippen LogP contribution >= 0.6 is 11.8 Å². The fourth-order valence-corrected chi connectivity index (χ4v) is 3.43. The lowest BCUT2D eigenvalue weighted by Gasteiger charge is -2.21. The number of thioether (sulfide) groups is 1. The molecule has 1 amide bonds. The highest BCUT2D eigenvalue weighted by atomic mass is 32.2. The number of benzene rings is 1. The van der Waals surface area contributed by atoms with E-state index in [1.54, 1.807) is 16.7 Å². The lowest BCUT2D eigenvalue weighted by atomic mass is 10.1. The molecule has 4 heteroatoms. The largest absolute Gasteiger partial charge is 0.328 e. The average Bonchev–Trinajstić information content (AvgIpc) is 2.81. The van der Waals surface area contributed by atoms with Crippen LogP contribution in [0, 0.1) is 11.3 Å². The van der Waals surface area contributed by atoms with Gasteiger partial charge < -0.3 is 4.90 Å². The zero-order valence-electron chi connectivity index (χ0n) is 10.4. The Labute approximate surface area is 112 Å². The van der Waals surface area contributed by atoms with E-state index in [0.717, 1.165) is 12.8 Å². The molecule has 0 radical (unpaired) electrons. The normalized spacial score (nSPS) is 17.0. The number of carbonyl (C=O) groups excluding carboxylic acids is 1. The number of amides is 1. The SMILES string of the molecule is CCCN(CC#N)C(=O)C1Cc2ccccc2S1. The van der Waals surface area contributed by atoms with Gasteiger partial charge in [-0.15, -0.1) is 11.8 Å². The van der Waals surface area contributed by atoms with E-state index < -0.39 is 0 Å². The summed E-state index contributed by atoms with van der Waals surface area (Å²) in [6.45, 7) is 2.88. The average molecular weight is 260 g/mol. The molecule has 1 aromatic rings. The fraction of sp³-hybridized carbons (Fsp3) is 0.429. The van der Waals surface area contributed by atoms with Crippen molar-refractivity contribution in [2.45, 2.75) is 29.9 Å². The standard InChI is InChI=1S/C14H16N2OS/c1-2-8-16(9-7-15)14(17)13-10-11-5-3-4-6-12(11)18-13/h3-6,13H,2,8-10H2,1H3. The summed E-state index contributed by atoms with van der Waals surface area (Å²) >= 11 is 1.62. The van der Waals surface area contributed by atoms with Crippen LogP contribution < -0.4 is 0 Å². The van der Waals surface area contributed by atoms with Crippen LogP contribution in [0.4, 0.5) is 0 Å². The molecule has 1 atom stereocenters. The maximum atomic E-state index is 12.3. The first-order valence-electron chi connectivity index (χ1n) is 6.16. The molecular formula is C14H16N2OS. The maximum Gasteiger partial charge on any atom is 0.237 e. The molecule has 3 nitrogen and oxygen atoms in total. The van der Waals surface area contributed by atoms with E-state index in [0.29, 0.717) is 6.54 Å². The van der Waals surface area contributed by atoms with Crippen molar-refractivity contribution in [3.05, 3.63) is 29.8 Å². The van der Waals surface area contributed by atoms with E-state index in [9.17, 15) is 4.79 Å². The van der Waals surface area contributed by atoms with Crippen molar-refractivity contribution in [1.82, 2.24) is 4.90 Å². The van der Waals surface area contributed by atoms with Gasteiger partial charge in [0.2, 0.25) is 5.91 Å². The van der Waals surface area contributed by atoms with Crippen LogP contribution in [0.5, 0.6) is 0 Å². The molecule has 0 aliphatic carbocycles. The van der Waals surface area contributed by atoms with Gasteiger partial charge in [0.25, 0.3) is 0 Å². The maximum absolute atomic E-state index is 12.3. The van der Waals surface area contributed by atoms with Gasteiger partial charge >= 0.3 is 0 Å². The Kier molecular flexibility index (Phi) is 4.27. The molecule has 0 bridgehead atoms. The van der Waals surface area contributed by atoms with E-state index in [1.165, 1.54) is 10.5 Å². The number of nitrogens with zero attached hydrogens (tertiary/aromatic N) is 2. The molecule has 2 rings (SSSR count). The van der Waals surface area contributed by atoms with E-state index in [1.807, 2.05) is 19.1 Å². The quantitative estimate of drug-likeness (QED) is 0.781. The predicted molar refractivity (Wildman–Crippen MR) is 72.3 cm³/mol. The molecule has 1 aliphatic heterocycles. The predicted octanol–water partition coefficient (Wildman–Crippen LogP) is 2.47. The highest BCUT2D eigenvalue weighted by Crippen LogP contribution is 2.37. The molecule has 0 fully saturated rings. The van der Waals surface area contributed by atoms with Gasteiger partial charge in [-0.25, -0.2) is 0 Å². The lowest BCUT2D eigenvalue weighted by Crippen LogP contribution is -2.38. The molecule has 94 valence electrons. The number of nitriles is 1. The zero-order valence-corrected chi connectivity index (χ0v) is 11.2. The second kappa shape index (κ2) is 5.92. The molecule has 0 N–H and O–H groups in total. The number of fused-ring (bicyclic) bond motifs is 1. The first kappa shape index (κ1) is 13.0. The monoisotopic (exact) mass is 260 g/mol. The number of rotatable bonds is 4. The minimum Gasteiger partial charge on any atom is -0.328 e. The molecule has 0 saturated heterocycles. The summed E-state index contributed by atoms with van der Waals surface area (Å²) < 4.78 is 0. The van der Waals surface area contributed by atoms with Crippen molar-refractivity contribution in [1.29, 1.82) is 5.26 Å². The summed E-state index contributed by atoms with van der Waals surface area (Å²) in [5, 5.41) is 8.72. The van der Waals surface area contributed by atoms with Crippen molar-refractivity contribution in [3.8, 4) is 6.07 Å². The van der Waals surface area contributed by atoms with Crippen molar-refractivity contribution in [2.24, 2.45) is 0 Å². The Bertz CT molecular complexity index is 456. The van der Waals surface area contributed by atoms with Crippen molar-refractivity contribution < 1.29 is 4.79 Å². The first-order valence-corrected chi connectivity index (χ1v) is 7.04. The molecule has 0 saturated carbocycles. The third kappa shape index (κ3) is 2.68. The second-order valence-corrected chi connectivity index (χ2v) is 5.58. The zero-order chi connectivity index (χ0) is 13.0. The highest BCUT2D eigenvalue weighted by molar-refractivity contribution is 8.01. The molecule has 1 aromatic carbocycles. The van der Waals surface area contributed by atoms with Crippen LogP contribution in [0.3, 0.4) is 0 Å². The van der Waals surface area contributed by atoms with Crippen LogP contribution in [-0.4, -0.2) is 29.1 Å². The molecule has 18 heavy (non-hydrogen) atoms. The second-order valence-electron chi connectivity index (χ2n) is 4.34. The van der Waals surface area contributed by atoms with Crippen LogP contribution in [0.1, 0.15) is 18.9 Å². The van der Waals surface area contributed by atoms with Gasteiger partial charge in [0, 0.05) is 11.4 Å². The van der Waals surface area contributed by atoms with Crippen LogP contribution in [-0.2, 0) is 11.2 Å². The number of hydrogen-bond donors (Lipinski definition) is 0. The van der Waals surface area contributed by atoms with Crippen LogP contribution in [0.25, 0.3) is 0 Å². The highest BCUT2D eigenvalue weighted by Gasteiger charge is 2.30. The van der Waals surface area contributed by atoms with E-state index in [2.05, 4.69) is 18.2 Å². The van der Waals surface area contributed by atoms with Gasteiger partial charge in [0.05, 0.1) is 11.3 Å². The third-order valence-electron chi connectivity index (χ3n) is 2.99. The summed E-state index contributed by atoms with van der Waals surface area (Å²) in [5.41, 5.74) is 1.24. The minimum atomic E-state index is -0.0534. The first-order chi connectivity index (χ1) is 8.76. The van der Waals surface area contributed by atoms with Gasteiger partial charge in [-0.3, -0.25) is 4.79 Å². The topological polar surface area (TPSA) is 44.1 Å². The van der Waals surface area contributed by atoms with Crippen LogP contribution in [0.15, 0.2) is 29.2 Å². The van der Waals surface area contributed by atoms with Crippen molar-refractivity contribution in [3.63, 3.8) is 0 Å². The Balaban J connectivity index is 2.06. The molecule has 1 unspecified atom stereocenters. The molecule has 0 aromatic heterocycles. The van der Waals surface area contributed by atoms with Crippen molar-refractivity contribution >= 4 is 17.7 Å². The summed E-state index contributed by atoms with van der Waals surface area (Å²) in [7, 11) is 0. The van der Waals surface area contributed by atoms with Gasteiger partial charge in [0.1, 0.15) is 6.54 Å². The van der Waals surface area contributed by atoms with Crippen molar-refractivity contribution in [2.75, 3.05) is 13.1 Å². The summed E-state index contributed by atoms with van der Waals surface area (Å²) in [6.07, 6.45) is 1.67. The molecule has 1 aliphatic rings. The Morgan fingerprint density at radius 1 is 1.56 bits per heavy atom. The molecular weight excluding hydrogens is 244 g/mol.